The van der Waals surface area contributed by atoms with Crippen molar-refractivity contribution in [3.8, 4) is 0 Å². The number of hydrogen-bond donors (Lipinski definition) is 0. The summed E-state index contributed by atoms with van der Waals surface area (Å²) in [6.45, 7) is 7.27. The Kier molecular flexibility index (Phi) is 3.79. The second kappa shape index (κ2) is 4.73. The molecule has 16 heavy (non-hydrogen) atoms. The monoisotopic (exact) mass is 227 g/mol. The van der Waals surface area contributed by atoms with Gasteiger partial charge in [-0.15, -0.1) is 6.58 Å². The number of alkyl halides is 3. The van der Waals surface area contributed by atoms with E-state index in [1.165, 1.54) is 12.1 Å². The molecule has 0 saturated heterocycles. The quantitative estimate of drug-likeness (QED) is 0.718. The number of rotatable bonds is 3. The molecule has 0 aliphatic carbocycles. The lowest BCUT2D eigenvalue weighted by Crippen LogP contribution is -2.07. The predicted molar refractivity (Wildman–Crippen MR) is 59.0 cm³/mol. The molecule has 1 aromatic carbocycles. The lowest BCUT2D eigenvalue weighted by molar-refractivity contribution is -0.137. The summed E-state index contributed by atoms with van der Waals surface area (Å²) in [4.78, 5) is 0. The Hall–Kier alpha value is -1.25. The Bertz CT molecular complexity index is 377. The minimum absolute atomic E-state index is 0.610. The molecule has 0 fully saturated rings. The van der Waals surface area contributed by atoms with Crippen molar-refractivity contribution in [2.45, 2.75) is 26.4 Å². The Labute approximate surface area is 93.8 Å². The van der Waals surface area contributed by atoms with E-state index in [0.29, 0.717) is 12.0 Å². The summed E-state index contributed by atoms with van der Waals surface area (Å²) in [6.07, 6.45) is -2.00. The maximum Gasteiger partial charge on any atom is 0.416 e. The summed E-state index contributed by atoms with van der Waals surface area (Å²) in [5.74, 6) is 0.767. The van der Waals surface area contributed by atoms with Crippen molar-refractivity contribution in [2.24, 2.45) is 0 Å². The van der Waals surface area contributed by atoms with Gasteiger partial charge in [0.1, 0.15) is 0 Å². The molecule has 87 valence electrons. The van der Waals surface area contributed by atoms with Crippen LogP contribution in [0.1, 0.15) is 30.5 Å². The Morgan fingerprint density at radius 1 is 1.38 bits per heavy atom. The molecule has 1 radical (unpaired) electrons. The maximum absolute atomic E-state index is 12.5. The minimum atomic E-state index is -4.29. The second-order valence-corrected chi connectivity index (χ2v) is 3.61. The second-order valence-electron chi connectivity index (χ2n) is 3.61. The molecular weight excluding hydrogens is 213 g/mol. The van der Waals surface area contributed by atoms with Crippen LogP contribution in [0, 0.1) is 5.92 Å². The molecule has 0 N–H and O–H groups in total. The largest absolute Gasteiger partial charge is 0.416 e. The van der Waals surface area contributed by atoms with E-state index in [0.717, 1.165) is 17.5 Å². The Morgan fingerprint density at radius 3 is 2.44 bits per heavy atom. The van der Waals surface area contributed by atoms with Gasteiger partial charge in [-0.3, -0.25) is 0 Å². The van der Waals surface area contributed by atoms with E-state index >= 15 is 0 Å². The van der Waals surface area contributed by atoms with E-state index < -0.39 is 11.7 Å². The van der Waals surface area contributed by atoms with Gasteiger partial charge in [0.05, 0.1) is 5.56 Å². The van der Waals surface area contributed by atoms with Gasteiger partial charge in [0.15, 0.2) is 0 Å². The molecule has 0 amide bonds. The van der Waals surface area contributed by atoms with Crippen molar-refractivity contribution in [1.29, 1.82) is 0 Å². The maximum atomic E-state index is 12.5. The molecule has 0 heterocycles. The van der Waals surface area contributed by atoms with Gasteiger partial charge in [0.25, 0.3) is 0 Å². The highest BCUT2D eigenvalue weighted by molar-refractivity contribution is 5.44. The van der Waals surface area contributed by atoms with Crippen molar-refractivity contribution < 1.29 is 13.2 Å². The van der Waals surface area contributed by atoms with E-state index in [-0.39, 0.29) is 0 Å². The van der Waals surface area contributed by atoms with E-state index in [1.54, 1.807) is 13.0 Å². The molecule has 0 bridgehead atoms. The third kappa shape index (κ3) is 2.65. The first-order valence-corrected chi connectivity index (χ1v) is 5.06. The summed E-state index contributed by atoms with van der Waals surface area (Å²) < 4.78 is 37.6. The highest BCUT2D eigenvalue weighted by atomic mass is 19.4. The number of aryl methyl sites for hydroxylation is 1. The van der Waals surface area contributed by atoms with Crippen molar-refractivity contribution in [1.82, 2.24) is 0 Å². The molecule has 0 aromatic heterocycles. The zero-order valence-electron chi connectivity index (χ0n) is 9.36. The van der Waals surface area contributed by atoms with Crippen LogP contribution in [-0.2, 0) is 12.6 Å². The fourth-order valence-corrected chi connectivity index (χ4v) is 1.54. The van der Waals surface area contributed by atoms with E-state index in [2.05, 4.69) is 6.58 Å². The van der Waals surface area contributed by atoms with Crippen LogP contribution in [0.4, 0.5) is 13.2 Å². The molecule has 0 nitrogen and oxygen atoms in total. The van der Waals surface area contributed by atoms with Crippen LogP contribution in [-0.4, -0.2) is 0 Å². The van der Waals surface area contributed by atoms with Gasteiger partial charge in [-0.2, -0.15) is 13.2 Å². The van der Waals surface area contributed by atoms with Gasteiger partial charge < -0.3 is 0 Å². The van der Waals surface area contributed by atoms with Crippen LogP contribution in [0.15, 0.2) is 30.9 Å². The van der Waals surface area contributed by atoms with Gasteiger partial charge in [0.2, 0.25) is 0 Å². The first-order valence-electron chi connectivity index (χ1n) is 5.06. The van der Waals surface area contributed by atoms with Crippen LogP contribution in [0.2, 0.25) is 0 Å². The highest BCUT2D eigenvalue weighted by Crippen LogP contribution is 2.32. The zero-order valence-corrected chi connectivity index (χ0v) is 9.36. The van der Waals surface area contributed by atoms with E-state index in [4.69, 9.17) is 0 Å². The van der Waals surface area contributed by atoms with Crippen LogP contribution < -0.4 is 0 Å². The molecule has 1 rings (SSSR count). The molecule has 3 heteroatoms. The van der Waals surface area contributed by atoms with Crippen molar-refractivity contribution in [3.05, 3.63) is 53.5 Å². The fourth-order valence-electron chi connectivity index (χ4n) is 1.54. The lowest BCUT2D eigenvalue weighted by Gasteiger charge is -2.15. The lowest BCUT2D eigenvalue weighted by atomic mass is 9.92. The van der Waals surface area contributed by atoms with Gasteiger partial charge in [-0.1, -0.05) is 26.0 Å². The summed E-state index contributed by atoms with van der Waals surface area (Å²) in [5.41, 5.74) is 0.929. The molecular formula is C13H14F3. The predicted octanol–water partition coefficient (Wildman–Crippen LogP) is 4.40. The zero-order chi connectivity index (χ0) is 12.3. The minimum Gasteiger partial charge on any atom is -0.166 e. The average molecular weight is 227 g/mol. The van der Waals surface area contributed by atoms with Crippen molar-refractivity contribution in [2.75, 3.05) is 0 Å². The molecule has 1 aromatic rings. The summed E-state index contributed by atoms with van der Waals surface area (Å²) in [6, 6.07) is 3.85. The van der Waals surface area contributed by atoms with E-state index in [1.807, 2.05) is 6.92 Å². The van der Waals surface area contributed by atoms with Crippen molar-refractivity contribution in [3.63, 3.8) is 0 Å². The molecule has 0 atom stereocenters. The highest BCUT2D eigenvalue weighted by Gasteiger charge is 2.31. The third-order valence-electron chi connectivity index (χ3n) is 2.55. The van der Waals surface area contributed by atoms with Crippen LogP contribution in [0.25, 0.3) is 0 Å². The standard InChI is InChI=1S/C13H14F3/c1-4-9(3)12-8-11(13(14,15)16)7-6-10(12)5-2/h4,6-8H,1,5H2,2-3H3. The van der Waals surface area contributed by atoms with Crippen LogP contribution in [0.3, 0.4) is 0 Å². The van der Waals surface area contributed by atoms with Crippen molar-refractivity contribution >= 4 is 0 Å². The van der Waals surface area contributed by atoms with Gasteiger partial charge in [-0.05, 0) is 29.7 Å². The van der Waals surface area contributed by atoms with Gasteiger partial charge in [0, 0.05) is 5.92 Å². The topological polar surface area (TPSA) is 0 Å². The molecule has 0 spiro atoms. The first kappa shape index (κ1) is 12.8. The Morgan fingerprint density at radius 2 is 2.00 bits per heavy atom. The normalized spacial score (nSPS) is 11.9. The van der Waals surface area contributed by atoms with Gasteiger partial charge in [-0.25, -0.2) is 0 Å². The number of hydrogen-bond acceptors (Lipinski definition) is 0. The first-order chi connectivity index (χ1) is 7.40. The summed E-state index contributed by atoms with van der Waals surface area (Å²) in [7, 11) is 0. The number of allylic oxidation sites excluding steroid dienone is 1. The van der Waals surface area contributed by atoms with E-state index in [9.17, 15) is 13.2 Å². The smallest absolute Gasteiger partial charge is 0.166 e. The summed E-state index contributed by atoms with van der Waals surface area (Å²) >= 11 is 0. The third-order valence-corrected chi connectivity index (χ3v) is 2.55. The van der Waals surface area contributed by atoms with Gasteiger partial charge >= 0.3 is 6.18 Å². The molecule has 0 unspecified atom stereocenters. The SMILES string of the molecule is C=C[C](C)c1cc(C(F)(F)F)ccc1CC. The van der Waals surface area contributed by atoms with Crippen LogP contribution in [0.5, 0.6) is 0 Å². The fraction of sp³-hybridized carbons (Fsp3) is 0.308. The number of benzene rings is 1. The molecule has 0 saturated carbocycles. The van der Waals surface area contributed by atoms with Crippen LogP contribution >= 0.6 is 0 Å². The molecule has 0 aliphatic heterocycles. The number of halogens is 3. The summed E-state index contributed by atoms with van der Waals surface area (Å²) in [5, 5.41) is 0. The molecule has 0 aliphatic rings. The average Bonchev–Trinajstić information content (AvgIpc) is 2.25. The Balaban J connectivity index is 3.26.